The van der Waals surface area contributed by atoms with Crippen molar-refractivity contribution in [3.8, 4) is 0 Å². The van der Waals surface area contributed by atoms with E-state index in [2.05, 4.69) is 13.8 Å². The Morgan fingerprint density at radius 3 is 1.19 bits per heavy atom. The molecule has 0 fully saturated rings. The summed E-state index contributed by atoms with van der Waals surface area (Å²) < 4.78 is 0. The third kappa shape index (κ3) is 19.5. The molecule has 2 atom stereocenters. The maximum atomic E-state index is 10.2. The largest absolute Gasteiger partial charge is 0.481 e. The first-order chi connectivity index (χ1) is 9.40. The summed E-state index contributed by atoms with van der Waals surface area (Å²) in [4.78, 5) is 20.5. The maximum Gasteiger partial charge on any atom is 0.303 e. The molecule has 0 aromatic rings. The van der Waals surface area contributed by atoms with Crippen molar-refractivity contribution in [1.29, 1.82) is 0 Å². The molecule has 5 heteroatoms. The van der Waals surface area contributed by atoms with Crippen molar-refractivity contribution in [2.24, 2.45) is 11.8 Å². The number of carboxylic acid groups (broad SMARTS) is 2. The molecule has 0 bridgehead atoms. The molecule has 0 radical (unpaired) electrons. The quantitative estimate of drug-likeness (QED) is 0.569. The van der Waals surface area contributed by atoms with Gasteiger partial charge < -0.3 is 10.2 Å². The third-order valence-electron chi connectivity index (χ3n) is 3.48. The van der Waals surface area contributed by atoms with E-state index in [1.807, 2.05) is 13.8 Å². The second kappa shape index (κ2) is 17.5. The van der Waals surface area contributed by atoms with E-state index in [9.17, 15) is 9.59 Å². The normalized spacial score (nSPS) is 12.4. The first kappa shape index (κ1) is 25.4. The number of hydrogen-bond acceptors (Lipinski definition) is 2. The van der Waals surface area contributed by atoms with Crippen LogP contribution in [0.1, 0.15) is 79.1 Å². The van der Waals surface area contributed by atoms with E-state index >= 15 is 0 Å². The predicted octanol–water partition coefficient (Wildman–Crippen LogP) is 4.57. The SMILES string of the molecule is CCCC(CC)CC(=O)O.CCCC(CC)CC(=O)O.[Fe]. The molecule has 0 rings (SSSR count). The Morgan fingerprint density at radius 2 is 1.05 bits per heavy atom. The summed E-state index contributed by atoms with van der Waals surface area (Å²) in [5, 5.41) is 16.9. The molecular formula is C16H32FeO4. The molecule has 0 heterocycles. The summed E-state index contributed by atoms with van der Waals surface area (Å²) in [5.41, 5.74) is 0. The van der Waals surface area contributed by atoms with Gasteiger partial charge >= 0.3 is 11.9 Å². The zero-order chi connectivity index (χ0) is 16.0. The van der Waals surface area contributed by atoms with Crippen LogP contribution < -0.4 is 0 Å². The summed E-state index contributed by atoms with van der Waals surface area (Å²) in [7, 11) is 0. The van der Waals surface area contributed by atoms with Gasteiger partial charge in [0, 0.05) is 29.9 Å². The average molecular weight is 344 g/mol. The molecule has 128 valence electrons. The second-order valence-electron chi connectivity index (χ2n) is 5.32. The van der Waals surface area contributed by atoms with Gasteiger partial charge in [-0.2, -0.15) is 0 Å². The zero-order valence-electron chi connectivity index (χ0n) is 13.9. The predicted molar refractivity (Wildman–Crippen MR) is 81.9 cm³/mol. The number of carboxylic acids is 2. The summed E-state index contributed by atoms with van der Waals surface area (Å²) >= 11 is 0. The van der Waals surface area contributed by atoms with Gasteiger partial charge in [-0.15, -0.1) is 0 Å². The molecule has 0 saturated heterocycles. The van der Waals surface area contributed by atoms with Crippen molar-refractivity contribution in [1.82, 2.24) is 0 Å². The van der Waals surface area contributed by atoms with Gasteiger partial charge in [-0.3, -0.25) is 9.59 Å². The first-order valence-electron chi connectivity index (χ1n) is 7.84. The van der Waals surface area contributed by atoms with Gasteiger partial charge in [0.25, 0.3) is 0 Å². The Morgan fingerprint density at radius 1 is 0.762 bits per heavy atom. The number of aliphatic carboxylic acids is 2. The Hall–Kier alpha value is -0.541. The molecule has 4 nitrogen and oxygen atoms in total. The smallest absolute Gasteiger partial charge is 0.303 e. The van der Waals surface area contributed by atoms with Crippen LogP contribution in [0.2, 0.25) is 0 Å². The van der Waals surface area contributed by atoms with Gasteiger partial charge in [0.1, 0.15) is 0 Å². The molecule has 0 aromatic heterocycles. The number of hydrogen-bond donors (Lipinski definition) is 2. The molecular weight excluding hydrogens is 312 g/mol. The van der Waals surface area contributed by atoms with Crippen molar-refractivity contribution < 1.29 is 36.9 Å². The van der Waals surface area contributed by atoms with E-state index in [-0.39, 0.29) is 17.1 Å². The monoisotopic (exact) mass is 344 g/mol. The summed E-state index contributed by atoms with van der Waals surface area (Å²) in [5.74, 6) is -0.550. The summed E-state index contributed by atoms with van der Waals surface area (Å²) in [6, 6.07) is 0. The van der Waals surface area contributed by atoms with E-state index in [0.717, 1.165) is 38.5 Å². The molecule has 0 amide bonds. The van der Waals surface area contributed by atoms with E-state index in [0.29, 0.717) is 24.7 Å². The molecule has 0 aromatic carbocycles. The molecule has 2 unspecified atom stereocenters. The minimum absolute atomic E-state index is 0. The minimum atomic E-state index is -0.666. The van der Waals surface area contributed by atoms with Gasteiger partial charge in [-0.05, 0) is 11.8 Å². The van der Waals surface area contributed by atoms with Crippen LogP contribution in [0.3, 0.4) is 0 Å². The van der Waals surface area contributed by atoms with Crippen LogP contribution in [0.25, 0.3) is 0 Å². The van der Waals surface area contributed by atoms with Gasteiger partial charge in [-0.1, -0.05) is 66.2 Å². The fourth-order valence-corrected chi connectivity index (χ4v) is 2.21. The first-order valence-corrected chi connectivity index (χ1v) is 7.84. The molecule has 21 heavy (non-hydrogen) atoms. The Labute approximate surface area is 140 Å². The van der Waals surface area contributed by atoms with Crippen molar-refractivity contribution in [2.75, 3.05) is 0 Å². The number of carbonyl (C=O) groups is 2. The molecule has 0 spiro atoms. The van der Waals surface area contributed by atoms with Crippen LogP contribution in [0.15, 0.2) is 0 Å². The van der Waals surface area contributed by atoms with Crippen LogP contribution in [0, 0.1) is 11.8 Å². The van der Waals surface area contributed by atoms with Crippen molar-refractivity contribution in [2.45, 2.75) is 79.1 Å². The molecule has 0 aliphatic carbocycles. The van der Waals surface area contributed by atoms with Crippen molar-refractivity contribution in [3.63, 3.8) is 0 Å². The van der Waals surface area contributed by atoms with Gasteiger partial charge in [-0.25, -0.2) is 0 Å². The van der Waals surface area contributed by atoms with Crippen LogP contribution in [-0.4, -0.2) is 22.2 Å². The zero-order valence-corrected chi connectivity index (χ0v) is 15.0. The topological polar surface area (TPSA) is 74.6 Å². The molecule has 0 aliphatic heterocycles. The fourth-order valence-electron chi connectivity index (χ4n) is 2.21. The van der Waals surface area contributed by atoms with Crippen LogP contribution in [0.4, 0.5) is 0 Å². The van der Waals surface area contributed by atoms with E-state index < -0.39 is 11.9 Å². The van der Waals surface area contributed by atoms with Gasteiger partial charge in [0.05, 0.1) is 0 Å². The molecule has 2 N–H and O–H groups in total. The fraction of sp³-hybridized carbons (Fsp3) is 0.875. The van der Waals surface area contributed by atoms with Crippen LogP contribution in [0.5, 0.6) is 0 Å². The van der Waals surface area contributed by atoms with Crippen LogP contribution in [-0.2, 0) is 26.7 Å². The standard InChI is InChI=1S/2C8H16O2.Fe/c2*1-3-5-7(4-2)6-8(9)10;/h2*7H,3-6H2,1-2H3,(H,9,10);. The molecule has 0 aliphatic rings. The Bertz CT molecular complexity index is 231. The maximum absolute atomic E-state index is 10.2. The minimum Gasteiger partial charge on any atom is -0.481 e. The molecule has 0 saturated carbocycles. The van der Waals surface area contributed by atoms with E-state index in [4.69, 9.17) is 10.2 Å². The van der Waals surface area contributed by atoms with Gasteiger partial charge in [0.15, 0.2) is 0 Å². The van der Waals surface area contributed by atoms with Crippen molar-refractivity contribution >= 4 is 11.9 Å². The second-order valence-corrected chi connectivity index (χ2v) is 5.32. The van der Waals surface area contributed by atoms with E-state index in [1.165, 1.54) is 0 Å². The van der Waals surface area contributed by atoms with Gasteiger partial charge in [0.2, 0.25) is 0 Å². The van der Waals surface area contributed by atoms with Crippen molar-refractivity contribution in [3.05, 3.63) is 0 Å². The summed E-state index contributed by atoms with van der Waals surface area (Å²) in [6.45, 7) is 8.27. The van der Waals surface area contributed by atoms with E-state index in [1.54, 1.807) is 0 Å². The van der Waals surface area contributed by atoms with Crippen LogP contribution >= 0.6 is 0 Å². The Balaban J connectivity index is -0.000000295. The third-order valence-corrected chi connectivity index (χ3v) is 3.48. The number of rotatable bonds is 10. The average Bonchev–Trinajstić information content (AvgIpc) is 2.37. The summed E-state index contributed by atoms with van der Waals surface area (Å²) in [6.07, 6.45) is 6.91. The Kier molecular flexibility index (Phi) is 21.2.